The molecule has 1 aliphatic carbocycles. The van der Waals surface area contributed by atoms with Crippen LogP contribution >= 0.6 is 0 Å². The third kappa shape index (κ3) is 6.25. The van der Waals surface area contributed by atoms with Gasteiger partial charge in [0.1, 0.15) is 0 Å². The molecular formula is C19H24Ge. The average molecular weight is 325 g/mol. The van der Waals surface area contributed by atoms with Crippen molar-refractivity contribution in [2.24, 2.45) is 0 Å². The van der Waals surface area contributed by atoms with Crippen LogP contribution in [-0.2, 0) is 10.5 Å². The van der Waals surface area contributed by atoms with E-state index in [0.717, 1.165) is 0 Å². The number of rotatable bonds is 4. The van der Waals surface area contributed by atoms with Crippen LogP contribution in [-0.4, -0.2) is 15.4 Å². The Kier molecular flexibility index (Phi) is 7.26. The van der Waals surface area contributed by atoms with E-state index in [0.29, 0.717) is 0 Å². The average Bonchev–Trinajstić information content (AvgIpc) is 3.09. The molecule has 0 N–H and O–H groups in total. The molecule has 0 fully saturated rings. The second kappa shape index (κ2) is 9.60. The van der Waals surface area contributed by atoms with Crippen molar-refractivity contribution in [2.45, 2.75) is 29.8 Å². The van der Waals surface area contributed by atoms with Crippen molar-refractivity contribution in [1.29, 1.82) is 0 Å². The number of hydrogen-bond donors (Lipinski definition) is 0. The molecule has 2 aromatic carbocycles. The second-order valence-electron chi connectivity index (χ2n) is 5.23. The molecule has 104 valence electrons. The minimum absolute atomic E-state index is 0.411. The van der Waals surface area contributed by atoms with Gasteiger partial charge in [-0.1, -0.05) is 12.2 Å². The number of allylic oxidation sites excluding steroid dienone is 2. The Labute approximate surface area is 129 Å². The monoisotopic (exact) mass is 326 g/mol. The van der Waals surface area contributed by atoms with Gasteiger partial charge in [0, 0.05) is 0 Å². The van der Waals surface area contributed by atoms with Gasteiger partial charge < -0.3 is 0 Å². The van der Waals surface area contributed by atoms with Crippen LogP contribution < -0.4 is 0 Å². The van der Waals surface area contributed by atoms with Crippen LogP contribution in [0.15, 0.2) is 72.8 Å². The summed E-state index contributed by atoms with van der Waals surface area (Å²) in [6.07, 6.45) is 8.50. The van der Waals surface area contributed by atoms with Crippen molar-refractivity contribution in [1.82, 2.24) is 0 Å². The van der Waals surface area contributed by atoms with Crippen molar-refractivity contribution in [2.75, 3.05) is 0 Å². The third-order valence-electron chi connectivity index (χ3n) is 3.52. The fourth-order valence-corrected chi connectivity index (χ4v) is 5.86. The van der Waals surface area contributed by atoms with Crippen LogP contribution in [0.1, 0.15) is 30.4 Å². The van der Waals surface area contributed by atoms with Gasteiger partial charge >= 0.3 is 97.7 Å². The van der Waals surface area contributed by atoms with Crippen LogP contribution in [0.25, 0.3) is 0 Å². The third-order valence-corrected chi connectivity index (χ3v) is 7.43. The van der Waals surface area contributed by atoms with Crippen molar-refractivity contribution >= 4 is 15.4 Å². The molecule has 0 nitrogen and oxygen atoms in total. The molecule has 0 radical (unpaired) electrons. The Morgan fingerprint density at radius 1 is 0.650 bits per heavy atom. The molecule has 0 bridgehead atoms. The van der Waals surface area contributed by atoms with E-state index < -0.39 is 15.4 Å². The van der Waals surface area contributed by atoms with E-state index in [4.69, 9.17) is 0 Å². The molecule has 3 rings (SSSR count). The molecule has 20 heavy (non-hydrogen) atoms. The van der Waals surface area contributed by atoms with Crippen LogP contribution in [0.2, 0.25) is 0 Å². The Balaban J connectivity index is 0.000000247. The normalized spacial score (nSPS) is 12.8. The summed E-state index contributed by atoms with van der Waals surface area (Å²) >= 11 is -0.411. The predicted octanol–water partition coefficient (Wildman–Crippen LogP) is 4.28. The first-order valence-electron chi connectivity index (χ1n) is 7.68. The Morgan fingerprint density at radius 3 is 1.45 bits per heavy atom. The van der Waals surface area contributed by atoms with Gasteiger partial charge in [-0.3, -0.25) is 0 Å². The zero-order valence-electron chi connectivity index (χ0n) is 12.2. The molecule has 0 heterocycles. The zero-order chi connectivity index (χ0) is 13.9. The van der Waals surface area contributed by atoms with Gasteiger partial charge in [0.15, 0.2) is 0 Å². The fourth-order valence-electron chi connectivity index (χ4n) is 2.38. The van der Waals surface area contributed by atoms with Crippen LogP contribution in [0, 0.1) is 0 Å². The molecule has 0 saturated carbocycles. The molecule has 1 heteroatoms. The summed E-state index contributed by atoms with van der Waals surface area (Å²) in [6.45, 7) is 0. The van der Waals surface area contributed by atoms with E-state index >= 15 is 0 Å². The summed E-state index contributed by atoms with van der Waals surface area (Å²) in [7, 11) is 0. The van der Waals surface area contributed by atoms with Crippen molar-refractivity contribution in [3.05, 3.63) is 83.9 Å². The number of benzene rings is 2. The van der Waals surface area contributed by atoms with Gasteiger partial charge in [-0.25, -0.2) is 0 Å². The SMILES string of the molecule is C1=CCCC1.c1ccc([CH2][GeH2][CH2]c2ccccc2)cc1. The summed E-state index contributed by atoms with van der Waals surface area (Å²) in [5.74, 6) is 0. The maximum atomic E-state index is 2.25. The first kappa shape index (κ1) is 15.1. The summed E-state index contributed by atoms with van der Waals surface area (Å²) in [5, 5.41) is 2.73. The maximum absolute atomic E-state index is 2.25. The van der Waals surface area contributed by atoms with Crippen LogP contribution in [0.3, 0.4) is 0 Å². The van der Waals surface area contributed by atoms with Crippen molar-refractivity contribution < 1.29 is 0 Å². The standard InChI is InChI=1S/C14H16Ge.C5H8/c1-3-7-13(8-4-1)11-15-12-14-9-5-2-6-10-14;1-2-4-5-3-1/h1-10H,11-12,15H2;1-2H,3-5H2. The summed E-state index contributed by atoms with van der Waals surface area (Å²) in [4.78, 5) is 0. The molecule has 0 atom stereocenters. The molecule has 0 aliphatic heterocycles. The van der Waals surface area contributed by atoms with E-state index in [1.54, 1.807) is 0 Å². The van der Waals surface area contributed by atoms with Gasteiger partial charge in [0.25, 0.3) is 0 Å². The van der Waals surface area contributed by atoms with Crippen LogP contribution in [0.4, 0.5) is 0 Å². The van der Waals surface area contributed by atoms with Gasteiger partial charge in [-0.05, 0) is 19.3 Å². The number of hydrogen-bond acceptors (Lipinski definition) is 0. The zero-order valence-corrected chi connectivity index (χ0v) is 15.1. The molecule has 2 aromatic rings. The Hall–Kier alpha value is -1.28. The minimum atomic E-state index is -0.411. The first-order valence-corrected chi connectivity index (χ1v) is 11.9. The first-order chi connectivity index (χ1) is 9.95. The summed E-state index contributed by atoms with van der Waals surface area (Å²) in [5.41, 5.74) is 3.04. The van der Waals surface area contributed by atoms with Gasteiger partial charge in [0.2, 0.25) is 0 Å². The van der Waals surface area contributed by atoms with Gasteiger partial charge in [-0.2, -0.15) is 0 Å². The van der Waals surface area contributed by atoms with E-state index in [9.17, 15) is 0 Å². The summed E-state index contributed by atoms with van der Waals surface area (Å²) in [6, 6.07) is 21.7. The van der Waals surface area contributed by atoms with E-state index in [-0.39, 0.29) is 0 Å². The molecule has 0 aromatic heterocycles. The summed E-state index contributed by atoms with van der Waals surface area (Å²) < 4.78 is 0. The molecule has 0 spiro atoms. The molecular weight excluding hydrogens is 301 g/mol. The topological polar surface area (TPSA) is 0 Å². The van der Waals surface area contributed by atoms with Gasteiger partial charge in [0.05, 0.1) is 0 Å². The Bertz CT molecular complexity index is 442. The van der Waals surface area contributed by atoms with Crippen LogP contribution in [0.5, 0.6) is 0 Å². The molecule has 0 amide bonds. The van der Waals surface area contributed by atoms with E-state index in [2.05, 4.69) is 72.8 Å². The van der Waals surface area contributed by atoms with E-state index in [1.807, 2.05) is 0 Å². The fraction of sp³-hybridized carbons (Fsp3) is 0.263. The predicted molar refractivity (Wildman–Crippen MR) is 91.8 cm³/mol. The molecule has 0 unspecified atom stereocenters. The quantitative estimate of drug-likeness (QED) is 0.581. The Morgan fingerprint density at radius 2 is 1.10 bits per heavy atom. The molecule has 1 aliphatic rings. The van der Waals surface area contributed by atoms with Gasteiger partial charge in [-0.15, -0.1) is 0 Å². The molecule has 0 saturated heterocycles. The van der Waals surface area contributed by atoms with Crippen molar-refractivity contribution in [3.8, 4) is 0 Å². The van der Waals surface area contributed by atoms with E-state index in [1.165, 1.54) is 40.9 Å². The van der Waals surface area contributed by atoms with Crippen molar-refractivity contribution in [3.63, 3.8) is 0 Å². The second-order valence-corrected chi connectivity index (χ2v) is 8.81.